The highest BCUT2D eigenvalue weighted by atomic mass is 35.5. The van der Waals surface area contributed by atoms with E-state index in [2.05, 4.69) is 4.90 Å². The maximum atomic E-state index is 12.8. The molecule has 0 atom stereocenters. The second kappa shape index (κ2) is 8.76. The van der Waals surface area contributed by atoms with Crippen LogP contribution in [0, 0.1) is 0 Å². The standard InChI is InChI=1S/C20H22Cl2N2O2/c1-2-26-19-6-4-3-5-16(19)20(25)24-11-9-23(10-12-24)14-15-7-8-17(21)18(22)13-15/h3-8,13H,2,9-12,14H2,1H3. The van der Waals surface area contributed by atoms with Crippen LogP contribution in [0.4, 0.5) is 0 Å². The van der Waals surface area contributed by atoms with Gasteiger partial charge in [-0.2, -0.15) is 0 Å². The van der Waals surface area contributed by atoms with Crippen LogP contribution < -0.4 is 4.74 Å². The van der Waals surface area contributed by atoms with Crippen molar-refractivity contribution in [2.45, 2.75) is 13.5 Å². The second-order valence-corrected chi connectivity index (χ2v) is 7.06. The molecule has 1 fully saturated rings. The maximum Gasteiger partial charge on any atom is 0.257 e. The van der Waals surface area contributed by atoms with E-state index in [-0.39, 0.29) is 5.91 Å². The first kappa shape index (κ1) is 19.0. The second-order valence-electron chi connectivity index (χ2n) is 6.25. The van der Waals surface area contributed by atoms with Crippen LogP contribution in [0.5, 0.6) is 5.75 Å². The van der Waals surface area contributed by atoms with Gasteiger partial charge >= 0.3 is 0 Å². The highest BCUT2D eigenvalue weighted by Gasteiger charge is 2.24. The van der Waals surface area contributed by atoms with Gasteiger partial charge in [0, 0.05) is 32.7 Å². The van der Waals surface area contributed by atoms with Gasteiger partial charge in [-0.25, -0.2) is 0 Å². The van der Waals surface area contributed by atoms with Gasteiger partial charge in [-0.3, -0.25) is 9.69 Å². The molecule has 26 heavy (non-hydrogen) atoms. The van der Waals surface area contributed by atoms with Crippen molar-refractivity contribution in [3.63, 3.8) is 0 Å². The Bertz CT molecular complexity index is 774. The van der Waals surface area contributed by atoms with Gasteiger partial charge in [0.1, 0.15) is 5.75 Å². The lowest BCUT2D eigenvalue weighted by molar-refractivity contribution is 0.0624. The first-order valence-corrected chi connectivity index (χ1v) is 9.51. The summed E-state index contributed by atoms with van der Waals surface area (Å²) in [7, 11) is 0. The number of para-hydroxylation sites is 1. The smallest absolute Gasteiger partial charge is 0.257 e. The average molecular weight is 393 g/mol. The topological polar surface area (TPSA) is 32.8 Å². The van der Waals surface area contributed by atoms with E-state index in [0.29, 0.717) is 41.1 Å². The largest absolute Gasteiger partial charge is 0.493 e. The third-order valence-electron chi connectivity index (χ3n) is 4.47. The lowest BCUT2D eigenvalue weighted by atomic mass is 10.1. The fourth-order valence-corrected chi connectivity index (χ4v) is 3.42. The van der Waals surface area contributed by atoms with Crippen LogP contribution in [0.25, 0.3) is 0 Å². The van der Waals surface area contributed by atoms with Crippen LogP contribution in [-0.2, 0) is 6.54 Å². The molecular weight excluding hydrogens is 371 g/mol. The van der Waals surface area contributed by atoms with Gasteiger partial charge < -0.3 is 9.64 Å². The summed E-state index contributed by atoms with van der Waals surface area (Å²) in [6.45, 7) is 6.30. The number of hydrogen-bond acceptors (Lipinski definition) is 3. The van der Waals surface area contributed by atoms with Crippen molar-refractivity contribution in [1.82, 2.24) is 9.80 Å². The number of amides is 1. The number of halogens is 2. The Hall–Kier alpha value is -1.75. The van der Waals surface area contributed by atoms with Crippen molar-refractivity contribution in [3.8, 4) is 5.75 Å². The summed E-state index contributed by atoms with van der Waals surface area (Å²) in [5.74, 6) is 0.682. The lowest BCUT2D eigenvalue weighted by Crippen LogP contribution is -2.48. The van der Waals surface area contributed by atoms with E-state index in [9.17, 15) is 4.79 Å². The van der Waals surface area contributed by atoms with Gasteiger partial charge in [0.2, 0.25) is 0 Å². The quantitative estimate of drug-likeness (QED) is 0.757. The van der Waals surface area contributed by atoms with Crippen LogP contribution >= 0.6 is 23.2 Å². The monoisotopic (exact) mass is 392 g/mol. The number of benzene rings is 2. The summed E-state index contributed by atoms with van der Waals surface area (Å²) in [6.07, 6.45) is 0. The van der Waals surface area contributed by atoms with Crippen LogP contribution in [0.1, 0.15) is 22.8 Å². The highest BCUT2D eigenvalue weighted by molar-refractivity contribution is 6.42. The molecule has 0 saturated carbocycles. The van der Waals surface area contributed by atoms with Crippen LogP contribution in [0.3, 0.4) is 0 Å². The molecule has 0 radical (unpaired) electrons. The summed E-state index contributed by atoms with van der Waals surface area (Å²) in [5.41, 5.74) is 1.76. The predicted molar refractivity (Wildman–Crippen MR) is 105 cm³/mol. The van der Waals surface area contributed by atoms with E-state index in [1.807, 2.05) is 54.3 Å². The zero-order valence-electron chi connectivity index (χ0n) is 14.8. The van der Waals surface area contributed by atoms with Gasteiger partial charge in [0.15, 0.2) is 0 Å². The summed E-state index contributed by atoms with van der Waals surface area (Å²) >= 11 is 12.1. The van der Waals surface area contributed by atoms with Gasteiger partial charge in [0.05, 0.1) is 22.2 Å². The number of piperazine rings is 1. The number of rotatable bonds is 5. The van der Waals surface area contributed by atoms with Crippen LogP contribution in [0.2, 0.25) is 10.0 Å². The minimum absolute atomic E-state index is 0.0308. The fraction of sp³-hybridized carbons (Fsp3) is 0.350. The molecule has 1 aliphatic rings. The van der Waals surface area contributed by atoms with Crippen molar-refractivity contribution in [2.24, 2.45) is 0 Å². The molecule has 1 aliphatic heterocycles. The minimum Gasteiger partial charge on any atom is -0.493 e. The maximum absolute atomic E-state index is 12.8. The molecule has 1 amide bonds. The Balaban J connectivity index is 1.59. The Morgan fingerprint density at radius 3 is 2.46 bits per heavy atom. The normalized spacial score (nSPS) is 15.1. The van der Waals surface area contributed by atoms with E-state index in [1.165, 1.54) is 0 Å². The first-order valence-electron chi connectivity index (χ1n) is 8.76. The lowest BCUT2D eigenvalue weighted by Gasteiger charge is -2.35. The van der Waals surface area contributed by atoms with Crippen molar-refractivity contribution in [1.29, 1.82) is 0 Å². The average Bonchev–Trinajstić information content (AvgIpc) is 2.66. The summed E-state index contributed by atoms with van der Waals surface area (Å²) in [6, 6.07) is 13.1. The van der Waals surface area contributed by atoms with Crippen molar-refractivity contribution in [3.05, 3.63) is 63.6 Å². The Morgan fingerprint density at radius 1 is 1.04 bits per heavy atom. The number of carbonyl (C=O) groups excluding carboxylic acids is 1. The summed E-state index contributed by atoms with van der Waals surface area (Å²) in [5, 5.41) is 1.14. The fourth-order valence-electron chi connectivity index (χ4n) is 3.10. The number of carbonyl (C=O) groups is 1. The van der Waals surface area contributed by atoms with Gasteiger partial charge in [-0.15, -0.1) is 0 Å². The Labute approximate surface area is 164 Å². The molecule has 0 bridgehead atoms. The SMILES string of the molecule is CCOc1ccccc1C(=O)N1CCN(Cc2ccc(Cl)c(Cl)c2)CC1. The van der Waals surface area contributed by atoms with E-state index in [4.69, 9.17) is 27.9 Å². The number of nitrogens with zero attached hydrogens (tertiary/aromatic N) is 2. The number of ether oxygens (including phenoxy) is 1. The molecule has 0 spiro atoms. The Kier molecular flexibility index (Phi) is 6.41. The third-order valence-corrected chi connectivity index (χ3v) is 5.21. The molecule has 3 rings (SSSR count). The Morgan fingerprint density at radius 2 is 1.77 bits per heavy atom. The van der Waals surface area contributed by atoms with Crippen LogP contribution in [0.15, 0.2) is 42.5 Å². The minimum atomic E-state index is 0.0308. The van der Waals surface area contributed by atoms with E-state index >= 15 is 0 Å². The molecular formula is C20H22Cl2N2O2. The van der Waals surface area contributed by atoms with E-state index < -0.39 is 0 Å². The number of hydrogen-bond donors (Lipinski definition) is 0. The molecule has 2 aromatic rings. The molecule has 1 saturated heterocycles. The molecule has 0 N–H and O–H groups in total. The van der Waals surface area contributed by atoms with Gasteiger partial charge in [-0.05, 0) is 36.8 Å². The molecule has 0 aliphatic carbocycles. The molecule has 0 unspecified atom stereocenters. The predicted octanol–water partition coefficient (Wildman–Crippen LogP) is 4.35. The van der Waals surface area contributed by atoms with E-state index in [1.54, 1.807) is 0 Å². The molecule has 4 nitrogen and oxygen atoms in total. The van der Waals surface area contributed by atoms with Gasteiger partial charge in [-0.1, -0.05) is 41.4 Å². The highest BCUT2D eigenvalue weighted by Crippen LogP contribution is 2.24. The van der Waals surface area contributed by atoms with E-state index in [0.717, 1.165) is 25.2 Å². The molecule has 138 valence electrons. The third kappa shape index (κ3) is 4.50. The summed E-state index contributed by atoms with van der Waals surface area (Å²) < 4.78 is 5.59. The summed E-state index contributed by atoms with van der Waals surface area (Å²) in [4.78, 5) is 17.0. The van der Waals surface area contributed by atoms with Crippen molar-refractivity contribution in [2.75, 3.05) is 32.8 Å². The first-order chi connectivity index (χ1) is 12.6. The molecule has 0 aromatic heterocycles. The van der Waals surface area contributed by atoms with Gasteiger partial charge in [0.25, 0.3) is 5.91 Å². The van der Waals surface area contributed by atoms with Crippen molar-refractivity contribution < 1.29 is 9.53 Å². The van der Waals surface area contributed by atoms with Crippen molar-refractivity contribution >= 4 is 29.1 Å². The molecule has 1 heterocycles. The molecule has 6 heteroatoms. The van der Waals surface area contributed by atoms with Crippen LogP contribution in [-0.4, -0.2) is 48.5 Å². The zero-order valence-corrected chi connectivity index (χ0v) is 16.3. The zero-order chi connectivity index (χ0) is 18.5. The molecule has 2 aromatic carbocycles.